The van der Waals surface area contributed by atoms with Crippen LogP contribution in [0.4, 0.5) is 18.9 Å². The first kappa shape index (κ1) is 13.7. The number of anilines is 1. The second-order valence-corrected chi connectivity index (χ2v) is 3.83. The molecule has 0 bridgehead atoms. The molecular formula is C13H8F3N3O. The lowest BCUT2D eigenvalue weighted by molar-refractivity contribution is -0.137. The first-order valence-electron chi connectivity index (χ1n) is 5.42. The number of hydrogen-bond donors (Lipinski definition) is 1. The third-order valence-corrected chi connectivity index (χ3v) is 2.39. The molecule has 0 fully saturated rings. The molecule has 1 aromatic carbocycles. The van der Waals surface area contributed by atoms with Gasteiger partial charge in [-0.3, -0.25) is 0 Å². The van der Waals surface area contributed by atoms with Crippen LogP contribution in [0.5, 0.6) is 11.6 Å². The summed E-state index contributed by atoms with van der Waals surface area (Å²) >= 11 is 0. The van der Waals surface area contributed by atoms with Gasteiger partial charge >= 0.3 is 6.18 Å². The van der Waals surface area contributed by atoms with E-state index in [4.69, 9.17) is 15.7 Å². The minimum atomic E-state index is -4.47. The summed E-state index contributed by atoms with van der Waals surface area (Å²) in [7, 11) is 0. The van der Waals surface area contributed by atoms with Gasteiger partial charge in [0.25, 0.3) is 0 Å². The maximum Gasteiger partial charge on any atom is 0.416 e. The number of rotatable bonds is 2. The Hall–Kier alpha value is -2.75. The second-order valence-electron chi connectivity index (χ2n) is 3.83. The van der Waals surface area contributed by atoms with Crippen molar-refractivity contribution in [3.63, 3.8) is 0 Å². The van der Waals surface area contributed by atoms with Crippen LogP contribution in [0, 0.1) is 11.3 Å². The van der Waals surface area contributed by atoms with Gasteiger partial charge in [-0.05, 0) is 24.3 Å². The maximum absolute atomic E-state index is 12.5. The molecule has 0 aliphatic rings. The van der Waals surface area contributed by atoms with Crippen molar-refractivity contribution < 1.29 is 17.9 Å². The summed E-state index contributed by atoms with van der Waals surface area (Å²) < 4.78 is 42.7. The van der Waals surface area contributed by atoms with Crippen LogP contribution < -0.4 is 10.5 Å². The van der Waals surface area contributed by atoms with Gasteiger partial charge in [-0.1, -0.05) is 6.07 Å². The van der Waals surface area contributed by atoms with E-state index in [9.17, 15) is 13.2 Å². The molecule has 0 aliphatic heterocycles. The SMILES string of the molecule is N#Cc1cccc(Oc2ccc(C(F)(F)F)cc2N)n1. The van der Waals surface area contributed by atoms with E-state index >= 15 is 0 Å². The molecule has 2 rings (SSSR count). The predicted molar refractivity (Wildman–Crippen MR) is 64.9 cm³/mol. The van der Waals surface area contributed by atoms with Crippen LogP contribution in [0.3, 0.4) is 0 Å². The van der Waals surface area contributed by atoms with Crippen molar-refractivity contribution >= 4 is 5.69 Å². The van der Waals surface area contributed by atoms with Gasteiger partial charge in [0.1, 0.15) is 11.8 Å². The van der Waals surface area contributed by atoms with Crippen molar-refractivity contribution in [2.75, 3.05) is 5.73 Å². The summed E-state index contributed by atoms with van der Waals surface area (Å²) in [5.74, 6) is 0.121. The summed E-state index contributed by atoms with van der Waals surface area (Å²) in [6.45, 7) is 0. The molecule has 4 nitrogen and oxygen atoms in total. The number of aromatic nitrogens is 1. The largest absolute Gasteiger partial charge is 0.437 e. The lowest BCUT2D eigenvalue weighted by atomic mass is 10.2. The lowest BCUT2D eigenvalue weighted by Crippen LogP contribution is -2.06. The van der Waals surface area contributed by atoms with Crippen LogP contribution in [-0.2, 0) is 6.18 Å². The molecule has 2 aromatic rings. The van der Waals surface area contributed by atoms with Gasteiger partial charge in [-0.25, -0.2) is 4.98 Å². The van der Waals surface area contributed by atoms with Gasteiger partial charge in [0.05, 0.1) is 11.3 Å². The fraction of sp³-hybridized carbons (Fsp3) is 0.0769. The van der Waals surface area contributed by atoms with E-state index in [2.05, 4.69) is 4.98 Å². The Morgan fingerprint density at radius 1 is 1.20 bits per heavy atom. The molecule has 0 saturated carbocycles. The molecule has 0 spiro atoms. The topological polar surface area (TPSA) is 71.9 Å². The van der Waals surface area contributed by atoms with Gasteiger partial charge in [0.2, 0.25) is 5.88 Å². The zero-order valence-corrected chi connectivity index (χ0v) is 9.98. The molecule has 0 saturated heterocycles. The molecule has 1 aromatic heterocycles. The highest BCUT2D eigenvalue weighted by atomic mass is 19.4. The molecule has 0 unspecified atom stereocenters. The average molecular weight is 279 g/mol. The number of nitrogen functional groups attached to an aromatic ring is 1. The Kier molecular flexibility index (Phi) is 3.48. The van der Waals surface area contributed by atoms with Crippen LogP contribution in [0.1, 0.15) is 11.3 Å². The zero-order chi connectivity index (χ0) is 14.8. The van der Waals surface area contributed by atoms with E-state index in [0.29, 0.717) is 0 Å². The normalized spacial score (nSPS) is 10.9. The molecule has 1 heterocycles. The van der Waals surface area contributed by atoms with Crippen molar-refractivity contribution in [1.29, 1.82) is 5.26 Å². The van der Waals surface area contributed by atoms with Crippen molar-refractivity contribution in [3.8, 4) is 17.7 Å². The minimum Gasteiger partial charge on any atom is -0.437 e. The van der Waals surface area contributed by atoms with Crippen LogP contribution in [0.25, 0.3) is 0 Å². The van der Waals surface area contributed by atoms with Crippen LogP contribution in [0.2, 0.25) is 0 Å². The van der Waals surface area contributed by atoms with E-state index in [-0.39, 0.29) is 23.0 Å². The Balaban J connectivity index is 2.28. The number of halogens is 3. The summed E-state index contributed by atoms with van der Waals surface area (Å²) in [6.07, 6.45) is -4.47. The van der Waals surface area contributed by atoms with Crippen molar-refractivity contribution in [2.45, 2.75) is 6.18 Å². The monoisotopic (exact) mass is 279 g/mol. The molecule has 7 heteroatoms. The highest BCUT2D eigenvalue weighted by Crippen LogP contribution is 2.34. The highest BCUT2D eigenvalue weighted by Gasteiger charge is 2.31. The van der Waals surface area contributed by atoms with Crippen LogP contribution in [0.15, 0.2) is 36.4 Å². The van der Waals surface area contributed by atoms with E-state index in [1.807, 2.05) is 6.07 Å². The molecular weight excluding hydrogens is 271 g/mol. The Labute approximate surface area is 112 Å². The lowest BCUT2D eigenvalue weighted by Gasteiger charge is -2.11. The van der Waals surface area contributed by atoms with Gasteiger partial charge in [-0.15, -0.1) is 0 Å². The number of nitrogens with two attached hydrogens (primary N) is 1. The second kappa shape index (κ2) is 5.09. The van der Waals surface area contributed by atoms with Gasteiger partial charge in [0.15, 0.2) is 5.75 Å². The summed E-state index contributed by atoms with van der Waals surface area (Å²) in [4.78, 5) is 3.84. The summed E-state index contributed by atoms with van der Waals surface area (Å²) in [5.41, 5.74) is 4.63. The molecule has 0 atom stereocenters. The first-order valence-corrected chi connectivity index (χ1v) is 5.42. The molecule has 0 aliphatic carbocycles. The fourth-order valence-electron chi connectivity index (χ4n) is 1.46. The summed E-state index contributed by atoms with van der Waals surface area (Å²) in [6, 6.07) is 9.07. The standard InChI is InChI=1S/C13H8F3N3O/c14-13(15,16)8-4-5-11(10(18)6-8)20-12-3-1-2-9(7-17)19-12/h1-6H,18H2. The third-order valence-electron chi connectivity index (χ3n) is 2.39. The maximum atomic E-state index is 12.5. The molecule has 0 amide bonds. The van der Waals surface area contributed by atoms with Gasteiger partial charge in [0, 0.05) is 6.07 Å². The van der Waals surface area contributed by atoms with Crippen molar-refractivity contribution in [3.05, 3.63) is 47.7 Å². The smallest absolute Gasteiger partial charge is 0.416 e. The number of nitriles is 1. The third kappa shape index (κ3) is 2.98. The van der Waals surface area contributed by atoms with E-state index in [0.717, 1.165) is 18.2 Å². The van der Waals surface area contributed by atoms with E-state index < -0.39 is 11.7 Å². The Bertz CT molecular complexity index is 677. The number of benzene rings is 1. The molecule has 102 valence electrons. The van der Waals surface area contributed by atoms with Crippen LogP contribution in [-0.4, -0.2) is 4.98 Å². The molecule has 2 N–H and O–H groups in total. The zero-order valence-electron chi connectivity index (χ0n) is 9.98. The number of pyridine rings is 1. The molecule has 20 heavy (non-hydrogen) atoms. The van der Waals surface area contributed by atoms with Crippen molar-refractivity contribution in [1.82, 2.24) is 4.98 Å². The quantitative estimate of drug-likeness (QED) is 0.856. The van der Waals surface area contributed by atoms with Crippen LogP contribution >= 0.6 is 0 Å². The first-order chi connectivity index (χ1) is 9.40. The Morgan fingerprint density at radius 2 is 1.95 bits per heavy atom. The number of hydrogen-bond acceptors (Lipinski definition) is 4. The van der Waals surface area contributed by atoms with Gasteiger partial charge in [-0.2, -0.15) is 18.4 Å². The fourth-order valence-corrected chi connectivity index (χ4v) is 1.46. The van der Waals surface area contributed by atoms with Crippen molar-refractivity contribution in [2.24, 2.45) is 0 Å². The van der Waals surface area contributed by atoms with E-state index in [1.54, 1.807) is 6.07 Å². The number of ether oxygens (including phenoxy) is 1. The average Bonchev–Trinajstić information content (AvgIpc) is 2.40. The van der Waals surface area contributed by atoms with E-state index in [1.165, 1.54) is 12.1 Å². The highest BCUT2D eigenvalue weighted by molar-refractivity contribution is 5.55. The summed E-state index contributed by atoms with van der Waals surface area (Å²) in [5, 5.41) is 8.69. The predicted octanol–water partition coefficient (Wildman–Crippen LogP) is 3.35. The molecule has 0 radical (unpaired) electrons. The number of alkyl halides is 3. The Morgan fingerprint density at radius 3 is 2.55 bits per heavy atom. The number of nitrogens with zero attached hydrogens (tertiary/aromatic N) is 2. The minimum absolute atomic E-state index is 0.0422. The van der Waals surface area contributed by atoms with Gasteiger partial charge < -0.3 is 10.5 Å².